The van der Waals surface area contributed by atoms with E-state index in [4.69, 9.17) is 11.6 Å². The molecule has 2 aliphatic rings. The van der Waals surface area contributed by atoms with Crippen LogP contribution in [0.2, 0.25) is 0 Å². The number of halogens is 1. The van der Waals surface area contributed by atoms with Crippen molar-refractivity contribution in [2.45, 2.75) is 70.4 Å². The van der Waals surface area contributed by atoms with E-state index in [0.29, 0.717) is 19.4 Å². The Hall–Kier alpha value is -1.03. The molecule has 0 atom stereocenters. The Bertz CT molecular complexity index is 463. The van der Waals surface area contributed by atoms with E-state index in [1.807, 2.05) is 20.8 Å². The summed E-state index contributed by atoms with van der Waals surface area (Å²) in [6.45, 7) is 6.25. The molecule has 1 N–H and O–H groups in total. The summed E-state index contributed by atoms with van der Waals surface area (Å²) in [6.07, 6.45) is 4.72. The predicted octanol–water partition coefficient (Wildman–Crippen LogP) is 2.96. The molecule has 5 heteroatoms. The minimum absolute atomic E-state index is 0.0191. The van der Waals surface area contributed by atoms with E-state index in [0.717, 1.165) is 31.3 Å². The summed E-state index contributed by atoms with van der Waals surface area (Å²) in [5, 5.41) is 3.05. The van der Waals surface area contributed by atoms with E-state index in [1.54, 1.807) is 4.90 Å². The molecule has 0 aromatic rings. The second-order valence-electron chi connectivity index (χ2n) is 6.33. The van der Waals surface area contributed by atoms with Crippen LogP contribution in [-0.4, -0.2) is 34.3 Å². The molecule has 1 spiro atoms. The Kier molecular flexibility index (Phi) is 4.66. The SMILES string of the molecule is CCC1(CC)NC(=O)C2(CCCC2)N(CC(C)=CCl)C1=O. The average molecular weight is 313 g/mol. The Morgan fingerprint density at radius 3 is 2.33 bits per heavy atom. The van der Waals surface area contributed by atoms with Crippen LogP contribution in [0.5, 0.6) is 0 Å². The predicted molar refractivity (Wildman–Crippen MR) is 84.0 cm³/mol. The number of carbonyl (C=O) groups is 2. The molecule has 1 saturated carbocycles. The van der Waals surface area contributed by atoms with Gasteiger partial charge in [-0.25, -0.2) is 0 Å². The summed E-state index contributed by atoms with van der Waals surface area (Å²) in [4.78, 5) is 27.7. The molecule has 1 aliphatic carbocycles. The lowest BCUT2D eigenvalue weighted by Gasteiger charge is -2.51. The summed E-state index contributed by atoms with van der Waals surface area (Å²) in [7, 11) is 0. The monoisotopic (exact) mass is 312 g/mol. The van der Waals surface area contributed by atoms with Crippen molar-refractivity contribution < 1.29 is 9.59 Å². The minimum Gasteiger partial charge on any atom is -0.340 e. The fourth-order valence-corrected chi connectivity index (χ4v) is 3.72. The lowest BCUT2D eigenvalue weighted by atomic mass is 9.80. The normalized spacial score (nSPS) is 24.6. The van der Waals surface area contributed by atoms with E-state index in [2.05, 4.69) is 5.32 Å². The minimum atomic E-state index is -0.752. The first-order chi connectivity index (χ1) is 9.95. The van der Waals surface area contributed by atoms with Gasteiger partial charge in [-0.2, -0.15) is 0 Å². The smallest absolute Gasteiger partial charge is 0.249 e. The van der Waals surface area contributed by atoms with Crippen LogP contribution >= 0.6 is 11.6 Å². The Labute approximate surface area is 131 Å². The highest BCUT2D eigenvalue weighted by molar-refractivity contribution is 6.25. The van der Waals surface area contributed by atoms with Gasteiger partial charge in [0.1, 0.15) is 11.1 Å². The first-order valence-electron chi connectivity index (χ1n) is 7.86. The van der Waals surface area contributed by atoms with Gasteiger partial charge in [-0.3, -0.25) is 9.59 Å². The summed E-state index contributed by atoms with van der Waals surface area (Å²) in [5.74, 6) is 0.0672. The van der Waals surface area contributed by atoms with Crippen LogP contribution in [0.25, 0.3) is 0 Å². The molecule has 0 radical (unpaired) electrons. The summed E-state index contributed by atoms with van der Waals surface area (Å²) in [5.41, 5.74) is 0.998. The Morgan fingerprint density at radius 1 is 1.29 bits per heavy atom. The van der Waals surface area contributed by atoms with Gasteiger partial charge in [-0.15, -0.1) is 0 Å². The Balaban J connectivity index is 2.44. The maximum atomic E-state index is 13.1. The molecule has 1 aliphatic heterocycles. The average Bonchev–Trinajstić information content (AvgIpc) is 2.98. The van der Waals surface area contributed by atoms with Crippen LogP contribution in [0.15, 0.2) is 11.1 Å². The largest absolute Gasteiger partial charge is 0.340 e. The van der Waals surface area contributed by atoms with Gasteiger partial charge in [0.2, 0.25) is 11.8 Å². The maximum absolute atomic E-state index is 13.1. The first-order valence-corrected chi connectivity index (χ1v) is 8.30. The fourth-order valence-electron chi connectivity index (χ4n) is 3.66. The zero-order valence-corrected chi connectivity index (χ0v) is 13.9. The molecule has 0 bridgehead atoms. The van der Waals surface area contributed by atoms with E-state index in [1.165, 1.54) is 5.54 Å². The second-order valence-corrected chi connectivity index (χ2v) is 6.55. The lowest BCUT2D eigenvalue weighted by Crippen LogP contribution is -2.75. The molecule has 2 rings (SSSR count). The van der Waals surface area contributed by atoms with Crippen molar-refractivity contribution in [2.75, 3.05) is 6.54 Å². The van der Waals surface area contributed by atoms with Crippen molar-refractivity contribution >= 4 is 23.4 Å². The fraction of sp³-hybridized carbons (Fsp3) is 0.750. The summed E-state index contributed by atoms with van der Waals surface area (Å²) in [6, 6.07) is 0. The number of nitrogens with zero attached hydrogens (tertiary/aromatic N) is 1. The van der Waals surface area contributed by atoms with Gasteiger partial charge in [-0.05, 0) is 38.2 Å². The van der Waals surface area contributed by atoms with Gasteiger partial charge >= 0.3 is 0 Å². The van der Waals surface area contributed by atoms with Gasteiger partial charge in [0.15, 0.2) is 0 Å². The number of hydrogen-bond acceptors (Lipinski definition) is 2. The molecule has 2 amide bonds. The van der Waals surface area contributed by atoms with E-state index in [-0.39, 0.29) is 11.8 Å². The van der Waals surface area contributed by atoms with Crippen LogP contribution in [0, 0.1) is 0 Å². The van der Waals surface area contributed by atoms with Crippen LogP contribution < -0.4 is 5.32 Å². The molecule has 1 heterocycles. The number of amides is 2. The maximum Gasteiger partial charge on any atom is 0.249 e. The molecule has 4 nitrogen and oxygen atoms in total. The molecular weight excluding hydrogens is 288 g/mol. The first kappa shape index (κ1) is 16.3. The zero-order valence-electron chi connectivity index (χ0n) is 13.2. The van der Waals surface area contributed by atoms with Gasteiger partial charge in [-0.1, -0.05) is 38.3 Å². The third-order valence-corrected chi connectivity index (χ3v) is 5.55. The third kappa shape index (κ3) is 2.48. The van der Waals surface area contributed by atoms with Crippen LogP contribution in [-0.2, 0) is 9.59 Å². The van der Waals surface area contributed by atoms with Gasteiger partial charge in [0.05, 0.1) is 0 Å². The van der Waals surface area contributed by atoms with Crippen LogP contribution in [0.3, 0.4) is 0 Å². The molecule has 2 fully saturated rings. The molecule has 0 unspecified atom stereocenters. The summed E-state index contributed by atoms with van der Waals surface area (Å²) >= 11 is 5.79. The highest BCUT2D eigenvalue weighted by Gasteiger charge is 2.57. The summed E-state index contributed by atoms with van der Waals surface area (Å²) < 4.78 is 0. The number of hydrogen-bond donors (Lipinski definition) is 1. The van der Waals surface area contributed by atoms with E-state index < -0.39 is 11.1 Å². The molecule has 118 valence electrons. The van der Waals surface area contributed by atoms with Gasteiger partial charge in [0.25, 0.3) is 0 Å². The van der Waals surface area contributed by atoms with Crippen molar-refractivity contribution in [3.8, 4) is 0 Å². The Morgan fingerprint density at radius 2 is 1.86 bits per heavy atom. The number of rotatable bonds is 4. The number of carbonyl (C=O) groups excluding carboxylic acids is 2. The highest BCUT2D eigenvalue weighted by atomic mass is 35.5. The van der Waals surface area contributed by atoms with E-state index in [9.17, 15) is 9.59 Å². The molecule has 1 saturated heterocycles. The molecular formula is C16H25ClN2O2. The lowest BCUT2D eigenvalue weighted by molar-refractivity contribution is -0.162. The third-order valence-electron chi connectivity index (χ3n) is 5.18. The quantitative estimate of drug-likeness (QED) is 0.867. The number of piperazine rings is 1. The molecule has 0 aromatic heterocycles. The van der Waals surface area contributed by atoms with Crippen molar-refractivity contribution in [3.05, 3.63) is 11.1 Å². The van der Waals surface area contributed by atoms with Crippen molar-refractivity contribution in [3.63, 3.8) is 0 Å². The highest BCUT2D eigenvalue weighted by Crippen LogP contribution is 2.41. The van der Waals surface area contributed by atoms with Crippen molar-refractivity contribution in [2.24, 2.45) is 0 Å². The van der Waals surface area contributed by atoms with Crippen LogP contribution in [0.1, 0.15) is 59.3 Å². The van der Waals surface area contributed by atoms with Gasteiger partial charge < -0.3 is 10.2 Å². The second kappa shape index (κ2) is 5.99. The molecule has 0 aromatic carbocycles. The number of nitrogens with one attached hydrogen (secondary N) is 1. The molecule has 21 heavy (non-hydrogen) atoms. The van der Waals surface area contributed by atoms with E-state index >= 15 is 0 Å². The topological polar surface area (TPSA) is 49.4 Å². The van der Waals surface area contributed by atoms with Crippen LogP contribution in [0.4, 0.5) is 0 Å². The zero-order chi connectivity index (χ0) is 15.7. The van der Waals surface area contributed by atoms with Crippen molar-refractivity contribution in [1.29, 1.82) is 0 Å². The standard InChI is InChI=1S/C16H25ClN2O2/c1-4-15(5-2)14(21)19(11-12(3)10-17)16(13(20)18-15)8-6-7-9-16/h10H,4-9,11H2,1-3H3,(H,18,20). The van der Waals surface area contributed by atoms with Gasteiger partial charge in [0, 0.05) is 12.1 Å². The van der Waals surface area contributed by atoms with Crippen molar-refractivity contribution in [1.82, 2.24) is 10.2 Å².